The summed E-state index contributed by atoms with van der Waals surface area (Å²) < 4.78 is 0. The predicted octanol–water partition coefficient (Wildman–Crippen LogP) is 5.22. The number of phenolic OH excluding ortho intramolecular Hbond substituents is 1. The molecule has 1 amide bonds. The van der Waals surface area contributed by atoms with Gasteiger partial charge >= 0.3 is 11.9 Å². The first kappa shape index (κ1) is 23.0. The minimum absolute atomic E-state index is 0.00433. The first-order chi connectivity index (χ1) is 16.2. The molecule has 0 aliphatic carbocycles. The molecule has 9 heteroatoms. The lowest BCUT2D eigenvalue weighted by Gasteiger charge is -2.13. The van der Waals surface area contributed by atoms with Gasteiger partial charge in [0.15, 0.2) is 5.71 Å². The molecule has 0 bridgehead atoms. The summed E-state index contributed by atoms with van der Waals surface area (Å²) >= 11 is 6.06. The van der Waals surface area contributed by atoms with Crippen molar-refractivity contribution in [2.75, 3.05) is 10.4 Å². The fraction of sp³-hybridized carbons (Fsp3) is 0.120. The standard InChI is InChI=1S/C25H21ClN4O4/c1-13-7-8-19(9-14(13)2)30-24(32)22(15(3)29-30)28-27-21-6-4-5-20(23(21)31)16-10-17(25(33)34)12-18(26)11-16/h4-12,27,31H,1-3H3,(H,33,34)/b28-22-. The largest absolute Gasteiger partial charge is 0.505 e. The summed E-state index contributed by atoms with van der Waals surface area (Å²) in [5.41, 5.74) is 7.05. The Morgan fingerprint density at radius 2 is 1.82 bits per heavy atom. The number of hydrogen-bond donors (Lipinski definition) is 3. The number of nitrogens with one attached hydrogen (secondary N) is 1. The Balaban J connectivity index is 1.63. The minimum Gasteiger partial charge on any atom is -0.505 e. The van der Waals surface area contributed by atoms with E-state index in [-0.39, 0.29) is 27.7 Å². The predicted molar refractivity (Wildman–Crippen MR) is 133 cm³/mol. The van der Waals surface area contributed by atoms with Gasteiger partial charge in [-0.2, -0.15) is 15.2 Å². The van der Waals surface area contributed by atoms with Gasteiger partial charge in [0.1, 0.15) is 5.75 Å². The van der Waals surface area contributed by atoms with Crippen molar-refractivity contribution >= 4 is 46.3 Å². The molecule has 0 spiro atoms. The average Bonchev–Trinajstić information content (AvgIpc) is 3.07. The number of nitrogens with zero attached hydrogens (tertiary/aromatic N) is 3. The Morgan fingerprint density at radius 1 is 1.06 bits per heavy atom. The van der Waals surface area contributed by atoms with Crippen molar-refractivity contribution < 1.29 is 19.8 Å². The van der Waals surface area contributed by atoms with E-state index in [0.29, 0.717) is 22.5 Å². The van der Waals surface area contributed by atoms with Crippen LogP contribution in [0, 0.1) is 13.8 Å². The number of carboxylic acid groups (broad SMARTS) is 1. The number of hydrazone groups is 2. The normalized spacial score (nSPS) is 14.5. The maximum Gasteiger partial charge on any atom is 0.335 e. The summed E-state index contributed by atoms with van der Waals surface area (Å²) in [4.78, 5) is 24.3. The molecule has 172 valence electrons. The summed E-state index contributed by atoms with van der Waals surface area (Å²) in [6.45, 7) is 5.62. The first-order valence-corrected chi connectivity index (χ1v) is 10.7. The van der Waals surface area contributed by atoms with Crippen LogP contribution in [0.5, 0.6) is 5.75 Å². The Bertz CT molecular complexity index is 1400. The van der Waals surface area contributed by atoms with Crippen LogP contribution in [0.1, 0.15) is 28.4 Å². The van der Waals surface area contributed by atoms with Gasteiger partial charge in [-0.25, -0.2) is 4.79 Å². The maximum atomic E-state index is 13.0. The Morgan fingerprint density at radius 3 is 2.53 bits per heavy atom. The minimum atomic E-state index is -1.13. The van der Waals surface area contributed by atoms with Crippen molar-refractivity contribution in [2.45, 2.75) is 20.8 Å². The Labute approximate surface area is 200 Å². The van der Waals surface area contributed by atoms with Gasteiger partial charge in [-0.3, -0.25) is 10.2 Å². The molecule has 0 radical (unpaired) electrons. The van der Waals surface area contributed by atoms with E-state index >= 15 is 0 Å². The smallest absolute Gasteiger partial charge is 0.335 e. The molecule has 0 fully saturated rings. The number of benzene rings is 3. The number of carboxylic acids is 1. The van der Waals surface area contributed by atoms with Crippen LogP contribution >= 0.6 is 11.6 Å². The summed E-state index contributed by atoms with van der Waals surface area (Å²) in [5.74, 6) is -1.70. The van der Waals surface area contributed by atoms with Crippen molar-refractivity contribution in [2.24, 2.45) is 10.2 Å². The van der Waals surface area contributed by atoms with Crippen molar-refractivity contribution in [1.82, 2.24) is 0 Å². The van der Waals surface area contributed by atoms with Crippen LogP contribution < -0.4 is 10.4 Å². The molecule has 0 atom stereocenters. The number of rotatable bonds is 5. The highest BCUT2D eigenvalue weighted by Crippen LogP contribution is 2.37. The summed E-state index contributed by atoms with van der Waals surface area (Å²) in [5, 5.41) is 30.1. The van der Waals surface area contributed by atoms with Crippen LogP contribution in [-0.4, -0.2) is 33.5 Å². The van der Waals surface area contributed by atoms with Gasteiger partial charge in [0.05, 0.1) is 22.6 Å². The molecular formula is C25H21ClN4O4. The highest BCUT2D eigenvalue weighted by Gasteiger charge is 2.31. The molecule has 0 unspecified atom stereocenters. The quantitative estimate of drug-likeness (QED) is 0.345. The fourth-order valence-electron chi connectivity index (χ4n) is 3.51. The molecule has 1 aliphatic rings. The average molecular weight is 477 g/mol. The zero-order chi connectivity index (χ0) is 24.6. The number of carbonyl (C=O) groups excluding carboxylic acids is 1. The molecule has 0 aromatic heterocycles. The van der Waals surface area contributed by atoms with Crippen LogP contribution in [0.3, 0.4) is 0 Å². The second-order valence-electron chi connectivity index (χ2n) is 7.88. The number of para-hydroxylation sites is 1. The monoisotopic (exact) mass is 476 g/mol. The number of aromatic carboxylic acids is 1. The molecular weight excluding hydrogens is 456 g/mol. The molecule has 34 heavy (non-hydrogen) atoms. The Hall–Kier alpha value is -4.17. The number of phenols is 1. The maximum absolute atomic E-state index is 13.0. The van der Waals surface area contributed by atoms with Gasteiger partial charge in [0.2, 0.25) is 0 Å². The van der Waals surface area contributed by atoms with Gasteiger partial charge < -0.3 is 10.2 Å². The first-order valence-electron chi connectivity index (χ1n) is 10.3. The SMILES string of the molecule is CC1=NN(c2ccc(C)c(C)c2)C(=O)/C1=N\Nc1cccc(-c2cc(Cl)cc(C(=O)O)c2)c1O. The number of hydrogen-bond acceptors (Lipinski definition) is 6. The number of carbonyl (C=O) groups is 2. The van der Waals surface area contributed by atoms with E-state index in [0.717, 1.165) is 11.1 Å². The lowest BCUT2D eigenvalue weighted by Crippen LogP contribution is -2.28. The van der Waals surface area contributed by atoms with Crippen molar-refractivity contribution in [3.8, 4) is 16.9 Å². The Kier molecular flexibility index (Phi) is 6.08. The lowest BCUT2D eigenvalue weighted by molar-refractivity contribution is -0.112. The molecule has 8 nitrogen and oxygen atoms in total. The number of aryl methyl sites for hydroxylation is 2. The van der Waals surface area contributed by atoms with Crippen LogP contribution in [0.15, 0.2) is 64.8 Å². The summed E-state index contributed by atoms with van der Waals surface area (Å²) in [7, 11) is 0. The van der Waals surface area contributed by atoms with Gasteiger partial charge in [-0.15, -0.1) is 0 Å². The lowest BCUT2D eigenvalue weighted by atomic mass is 10.0. The zero-order valence-corrected chi connectivity index (χ0v) is 19.4. The van der Waals surface area contributed by atoms with Crippen LogP contribution in [0.4, 0.5) is 11.4 Å². The van der Waals surface area contributed by atoms with E-state index in [1.54, 1.807) is 31.2 Å². The summed E-state index contributed by atoms with van der Waals surface area (Å²) in [6.07, 6.45) is 0. The van der Waals surface area contributed by atoms with Gasteiger partial charge in [0, 0.05) is 10.6 Å². The summed E-state index contributed by atoms with van der Waals surface area (Å²) in [6, 6.07) is 14.8. The molecule has 1 heterocycles. The van der Waals surface area contributed by atoms with Gasteiger partial charge in [-0.1, -0.05) is 29.8 Å². The zero-order valence-electron chi connectivity index (χ0n) is 18.6. The van der Waals surface area contributed by atoms with E-state index in [2.05, 4.69) is 15.6 Å². The number of anilines is 2. The van der Waals surface area contributed by atoms with Crippen molar-refractivity contribution in [3.63, 3.8) is 0 Å². The third-order valence-electron chi connectivity index (χ3n) is 5.50. The third-order valence-corrected chi connectivity index (χ3v) is 5.72. The molecule has 0 saturated carbocycles. The van der Waals surface area contributed by atoms with E-state index in [9.17, 15) is 19.8 Å². The highest BCUT2D eigenvalue weighted by molar-refractivity contribution is 6.71. The third kappa shape index (κ3) is 4.35. The van der Waals surface area contributed by atoms with E-state index in [4.69, 9.17) is 11.6 Å². The van der Waals surface area contributed by atoms with E-state index < -0.39 is 11.9 Å². The fourth-order valence-corrected chi connectivity index (χ4v) is 3.75. The van der Waals surface area contributed by atoms with Crippen LogP contribution in [-0.2, 0) is 4.79 Å². The molecule has 1 aliphatic heterocycles. The van der Waals surface area contributed by atoms with Gasteiger partial charge in [-0.05, 0) is 73.9 Å². The molecule has 3 aromatic carbocycles. The van der Waals surface area contributed by atoms with Crippen molar-refractivity contribution in [3.05, 3.63) is 76.3 Å². The highest BCUT2D eigenvalue weighted by atomic mass is 35.5. The van der Waals surface area contributed by atoms with E-state index in [1.165, 1.54) is 17.1 Å². The van der Waals surface area contributed by atoms with Gasteiger partial charge in [0.25, 0.3) is 0 Å². The number of amides is 1. The second kappa shape index (κ2) is 8.99. The van der Waals surface area contributed by atoms with Crippen LogP contribution in [0.2, 0.25) is 5.02 Å². The van der Waals surface area contributed by atoms with Crippen molar-refractivity contribution in [1.29, 1.82) is 0 Å². The molecule has 3 aromatic rings. The topological polar surface area (TPSA) is 115 Å². The number of halogens is 1. The number of aromatic hydroxyl groups is 1. The van der Waals surface area contributed by atoms with Crippen LogP contribution in [0.25, 0.3) is 11.1 Å². The molecule has 3 N–H and O–H groups in total. The van der Waals surface area contributed by atoms with E-state index in [1.807, 2.05) is 32.0 Å². The molecule has 0 saturated heterocycles. The second-order valence-corrected chi connectivity index (χ2v) is 8.32. The molecule has 4 rings (SSSR count).